The Labute approximate surface area is 102 Å². The lowest BCUT2D eigenvalue weighted by atomic mass is 10.2. The van der Waals surface area contributed by atoms with E-state index in [2.05, 4.69) is 11.9 Å². The molecule has 0 aliphatic rings. The van der Waals surface area contributed by atoms with E-state index in [9.17, 15) is 9.59 Å². The van der Waals surface area contributed by atoms with Gasteiger partial charge in [0.05, 0.1) is 6.61 Å². The summed E-state index contributed by atoms with van der Waals surface area (Å²) >= 11 is 0. The first-order chi connectivity index (χ1) is 7.76. The molecule has 0 aromatic carbocycles. The Balaban J connectivity index is 3.99. The molecule has 1 atom stereocenters. The van der Waals surface area contributed by atoms with Crippen molar-refractivity contribution in [3.63, 3.8) is 0 Å². The summed E-state index contributed by atoms with van der Waals surface area (Å²) < 4.78 is 9.90. The van der Waals surface area contributed by atoms with Gasteiger partial charge in [-0.15, -0.1) is 6.58 Å². The number of ether oxygens (including phenoxy) is 2. The average Bonchev–Trinajstić information content (AvgIpc) is 2.14. The van der Waals surface area contributed by atoms with Crippen LogP contribution in [0.5, 0.6) is 0 Å². The first-order valence-electron chi connectivity index (χ1n) is 5.53. The molecule has 5 heteroatoms. The van der Waals surface area contributed by atoms with Gasteiger partial charge < -0.3 is 14.8 Å². The molecule has 0 saturated carbocycles. The number of amides is 1. The second-order valence-corrected chi connectivity index (χ2v) is 4.61. The Kier molecular flexibility index (Phi) is 6.31. The number of carbonyl (C=O) groups is 2. The molecule has 1 unspecified atom stereocenters. The van der Waals surface area contributed by atoms with E-state index < -0.39 is 23.7 Å². The number of hydrogen-bond donors (Lipinski definition) is 1. The molecule has 98 valence electrons. The average molecular weight is 243 g/mol. The fourth-order valence-corrected chi connectivity index (χ4v) is 0.911. The minimum absolute atomic E-state index is 0.267. The number of esters is 1. The lowest BCUT2D eigenvalue weighted by Crippen LogP contribution is -2.42. The van der Waals surface area contributed by atoms with E-state index >= 15 is 0 Å². The number of nitrogens with one attached hydrogen (secondary N) is 1. The van der Waals surface area contributed by atoms with Crippen molar-refractivity contribution in [1.82, 2.24) is 5.32 Å². The monoisotopic (exact) mass is 243 g/mol. The molecule has 0 spiro atoms. The van der Waals surface area contributed by atoms with E-state index in [1.807, 2.05) is 0 Å². The van der Waals surface area contributed by atoms with Gasteiger partial charge in [-0.05, 0) is 34.1 Å². The second-order valence-electron chi connectivity index (χ2n) is 4.61. The third-order valence-electron chi connectivity index (χ3n) is 1.65. The van der Waals surface area contributed by atoms with Crippen molar-refractivity contribution in [2.45, 2.75) is 45.8 Å². The van der Waals surface area contributed by atoms with Crippen molar-refractivity contribution in [3.8, 4) is 0 Å². The minimum atomic E-state index is -0.727. The highest BCUT2D eigenvalue weighted by molar-refractivity contribution is 5.80. The Morgan fingerprint density at radius 1 is 1.41 bits per heavy atom. The first kappa shape index (κ1) is 15.5. The molecule has 0 radical (unpaired) electrons. The Hall–Kier alpha value is -1.52. The quantitative estimate of drug-likeness (QED) is 0.456. The summed E-state index contributed by atoms with van der Waals surface area (Å²) in [5, 5.41) is 2.40. The zero-order valence-corrected chi connectivity index (χ0v) is 10.9. The predicted octanol–water partition coefficient (Wildman–Crippen LogP) is 2.02. The molecule has 0 aromatic rings. The van der Waals surface area contributed by atoms with Gasteiger partial charge in [-0.1, -0.05) is 6.08 Å². The van der Waals surface area contributed by atoms with E-state index in [-0.39, 0.29) is 6.61 Å². The molecule has 0 aliphatic heterocycles. The van der Waals surface area contributed by atoms with Gasteiger partial charge in [-0.25, -0.2) is 9.59 Å². The normalized spacial score (nSPS) is 12.5. The maximum absolute atomic E-state index is 11.4. The molecule has 1 N–H and O–H groups in total. The van der Waals surface area contributed by atoms with E-state index in [0.29, 0.717) is 6.42 Å². The van der Waals surface area contributed by atoms with Crippen LogP contribution in [-0.2, 0) is 14.3 Å². The standard InChI is InChI=1S/C12H21NO4/c1-6-7-8-16-10(14)9(2)13-11(15)17-12(3,4)5/h6,9H,1,7-8H2,2-5H3,(H,13,15). The number of alkyl carbamates (subject to hydrolysis) is 1. The summed E-state index contributed by atoms with van der Waals surface area (Å²) in [6.07, 6.45) is 1.61. The Morgan fingerprint density at radius 2 is 2.00 bits per heavy atom. The van der Waals surface area contributed by atoms with Gasteiger partial charge in [0.1, 0.15) is 11.6 Å². The van der Waals surface area contributed by atoms with Gasteiger partial charge in [0.2, 0.25) is 0 Å². The summed E-state index contributed by atoms with van der Waals surface area (Å²) in [5.74, 6) is -0.488. The third kappa shape index (κ3) is 8.30. The van der Waals surface area contributed by atoms with Crippen molar-refractivity contribution < 1.29 is 19.1 Å². The highest BCUT2D eigenvalue weighted by atomic mass is 16.6. The fourth-order valence-electron chi connectivity index (χ4n) is 0.911. The zero-order valence-electron chi connectivity index (χ0n) is 10.9. The molecular weight excluding hydrogens is 222 g/mol. The van der Waals surface area contributed by atoms with Crippen LogP contribution in [0.25, 0.3) is 0 Å². The number of carbonyl (C=O) groups excluding carboxylic acids is 2. The summed E-state index contributed by atoms with van der Waals surface area (Å²) in [5.41, 5.74) is -0.587. The summed E-state index contributed by atoms with van der Waals surface area (Å²) in [6.45, 7) is 10.6. The van der Waals surface area contributed by atoms with E-state index in [0.717, 1.165) is 0 Å². The number of hydrogen-bond acceptors (Lipinski definition) is 4. The molecule has 17 heavy (non-hydrogen) atoms. The van der Waals surface area contributed by atoms with Crippen LogP contribution in [0.2, 0.25) is 0 Å². The Bertz CT molecular complexity index is 281. The lowest BCUT2D eigenvalue weighted by molar-refractivity contribution is -0.145. The first-order valence-corrected chi connectivity index (χ1v) is 5.53. The fraction of sp³-hybridized carbons (Fsp3) is 0.667. The number of rotatable bonds is 5. The van der Waals surface area contributed by atoms with Crippen molar-refractivity contribution in [3.05, 3.63) is 12.7 Å². The summed E-state index contributed by atoms with van der Waals surface area (Å²) in [4.78, 5) is 22.7. The molecule has 0 fully saturated rings. The van der Waals surface area contributed by atoms with Crippen LogP contribution in [0, 0.1) is 0 Å². The highest BCUT2D eigenvalue weighted by Crippen LogP contribution is 2.06. The molecule has 0 saturated heterocycles. The smallest absolute Gasteiger partial charge is 0.408 e. The van der Waals surface area contributed by atoms with Crippen LogP contribution in [0.3, 0.4) is 0 Å². The third-order valence-corrected chi connectivity index (χ3v) is 1.65. The maximum atomic E-state index is 11.4. The van der Waals surface area contributed by atoms with Crippen LogP contribution < -0.4 is 5.32 Å². The molecule has 0 bridgehead atoms. The van der Waals surface area contributed by atoms with Crippen LogP contribution in [0.1, 0.15) is 34.1 Å². The van der Waals surface area contributed by atoms with Gasteiger partial charge in [-0.2, -0.15) is 0 Å². The largest absolute Gasteiger partial charge is 0.464 e. The van der Waals surface area contributed by atoms with Crippen molar-refractivity contribution in [2.75, 3.05) is 6.61 Å². The molecular formula is C12H21NO4. The van der Waals surface area contributed by atoms with Crippen molar-refractivity contribution in [1.29, 1.82) is 0 Å². The minimum Gasteiger partial charge on any atom is -0.464 e. The van der Waals surface area contributed by atoms with Gasteiger partial charge in [0.15, 0.2) is 0 Å². The molecule has 0 aromatic heterocycles. The summed E-state index contributed by atoms with van der Waals surface area (Å²) in [6, 6.07) is -0.727. The molecule has 0 aliphatic carbocycles. The van der Waals surface area contributed by atoms with Crippen LogP contribution in [0.15, 0.2) is 12.7 Å². The van der Waals surface area contributed by atoms with Crippen molar-refractivity contribution in [2.24, 2.45) is 0 Å². The zero-order chi connectivity index (χ0) is 13.5. The maximum Gasteiger partial charge on any atom is 0.408 e. The second kappa shape index (κ2) is 6.93. The molecule has 1 amide bonds. The van der Waals surface area contributed by atoms with Gasteiger partial charge in [0, 0.05) is 0 Å². The molecule has 0 heterocycles. The van der Waals surface area contributed by atoms with Gasteiger partial charge >= 0.3 is 12.1 Å². The van der Waals surface area contributed by atoms with E-state index in [4.69, 9.17) is 9.47 Å². The van der Waals surface area contributed by atoms with Crippen molar-refractivity contribution >= 4 is 12.1 Å². The lowest BCUT2D eigenvalue weighted by Gasteiger charge is -2.21. The van der Waals surface area contributed by atoms with Gasteiger partial charge in [0.25, 0.3) is 0 Å². The van der Waals surface area contributed by atoms with Gasteiger partial charge in [-0.3, -0.25) is 0 Å². The van der Waals surface area contributed by atoms with Crippen LogP contribution in [-0.4, -0.2) is 30.3 Å². The Morgan fingerprint density at radius 3 is 2.47 bits per heavy atom. The summed E-state index contributed by atoms with van der Waals surface area (Å²) in [7, 11) is 0. The van der Waals surface area contributed by atoms with Crippen LogP contribution in [0.4, 0.5) is 4.79 Å². The molecule has 5 nitrogen and oxygen atoms in total. The predicted molar refractivity (Wildman–Crippen MR) is 64.6 cm³/mol. The molecule has 0 rings (SSSR count). The SMILES string of the molecule is C=CCCOC(=O)C(C)NC(=O)OC(C)(C)C. The topological polar surface area (TPSA) is 64.6 Å². The van der Waals surface area contributed by atoms with E-state index in [1.165, 1.54) is 0 Å². The van der Waals surface area contributed by atoms with E-state index in [1.54, 1.807) is 33.8 Å². The van der Waals surface area contributed by atoms with Crippen LogP contribution >= 0.6 is 0 Å². The highest BCUT2D eigenvalue weighted by Gasteiger charge is 2.21.